The van der Waals surface area contributed by atoms with Crippen LogP contribution in [0.4, 0.5) is 0 Å². The van der Waals surface area contributed by atoms with E-state index < -0.39 is 0 Å². The van der Waals surface area contributed by atoms with E-state index in [9.17, 15) is 4.79 Å². The Labute approximate surface area is 176 Å². The van der Waals surface area contributed by atoms with Gasteiger partial charge in [0.1, 0.15) is 0 Å². The molecule has 3 rings (SSSR count). The zero-order valence-corrected chi connectivity index (χ0v) is 17.4. The topological polar surface area (TPSA) is 72.3 Å². The van der Waals surface area contributed by atoms with Crippen molar-refractivity contribution in [2.75, 3.05) is 14.2 Å². The van der Waals surface area contributed by atoms with Crippen LogP contribution >= 0.6 is 35.0 Å². The molecule has 0 aliphatic carbocycles. The minimum atomic E-state index is -0.342. The summed E-state index contributed by atoms with van der Waals surface area (Å²) in [6, 6.07) is 10.6. The second-order valence-corrected chi connectivity index (χ2v) is 7.83. The minimum absolute atomic E-state index is 0.138. The van der Waals surface area contributed by atoms with E-state index in [0.717, 1.165) is 11.1 Å². The number of hydrogen-bond donors (Lipinski definition) is 1. The van der Waals surface area contributed by atoms with Gasteiger partial charge in [-0.1, -0.05) is 35.0 Å². The number of benzene rings is 2. The van der Waals surface area contributed by atoms with Crippen LogP contribution in [0.3, 0.4) is 0 Å². The third-order valence-corrected chi connectivity index (χ3v) is 5.63. The van der Waals surface area contributed by atoms with Crippen molar-refractivity contribution in [1.29, 1.82) is 0 Å². The number of methoxy groups -OCH3 is 2. The van der Waals surface area contributed by atoms with Crippen LogP contribution in [0.5, 0.6) is 11.5 Å². The molecule has 1 atom stereocenters. The Morgan fingerprint density at radius 2 is 1.93 bits per heavy atom. The predicted octanol–water partition coefficient (Wildman–Crippen LogP) is 4.17. The Balaban J connectivity index is 1.67. The second-order valence-electron chi connectivity index (χ2n) is 5.80. The lowest BCUT2D eigenvalue weighted by molar-refractivity contribution is -0.118. The number of carbonyl (C=O) groups is 1. The van der Waals surface area contributed by atoms with Gasteiger partial charge in [-0.15, -0.1) is 5.10 Å². The van der Waals surface area contributed by atoms with Gasteiger partial charge in [-0.25, -0.2) is 0 Å². The van der Waals surface area contributed by atoms with Gasteiger partial charge >= 0.3 is 0 Å². The maximum absolute atomic E-state index is 12.2. The maximum atomic E-state index is 12.2. The highest BCUT2D eigenvalue weighted by molar-refractivity contribution is 8.15. The molecule has 28 heavy (non-hydrogen) atoms. The summed E-state index contributed by atoms with van der Waals surface area (Å²) in [6.07, 6.45) is 2.02. The number of halogens is 2. The smallest absolute Gasteiger partial charge is 0.239 e. The van der Waals surface area contributed by atoms with Gasteiger partial charge in [-0.2, -0.15) is 5.10 Å². The van der Waals surface area contributed by atoms with Gasteiger partial charge in [0, 0.05) is 10.0 Å². The highest BCUT2D eigenvalue weighted by atomic mass is 35.5. The lowest BCUT2D eigenvalue weighted by atomic mass is 10.1. The zero-order valence-electron chi connectivity index (χ0n) is 15.1. The van der Waals surface area contributed by atoms with Crippen molar-refractivity contribution in [3.8, 4) is 11.5 Å². The van der Waals surface area contributed by atoms with Crippen LogP contribution in [0, 0.1) is 0 Å². The summed E-state index contributed by atoms with van der Waals surface area (Å²) < 4.78 is 10.5. The molecule has 9 heteroatoms. The first kappa shape index (κ1) is 20.5. The minimum Gasteiger partial charge on any atom is -0.493 e. The normalized spacial score (nSPS) is 17.9. The summed E-state index contributed by atoms with van der Waals surface area (Å²) in [6.45, 7) is 0. The molecule has 1 amide bonds. The van der Waals surface area contributed by atoms with Crippen LogP contribution in [0.2, 0.25) is 10.0 Å². The molecule has 0 saturated carbocycles. The van der Waals surface area contributed by atoms with E-state index in [1.54, 1.807) is 50.8 Å². The Kier molecular flexibility index (Phi) is 6.83. The average molecular weight is 438 g/mol. The number of amides is 1. The lowest BCUT2D eigenvalue weighted by Gasteiger charge is -2.07. The van der Waals surface area contributed by atoms with Crippen LogP contribution in [0.25, 0.3) is 0 Å². The first-order valence-corrected chi connectivity index (χ1v) is 9.88. The number of amidine groups is 1. The Hall–Kier alpha value is -2.22. The number of hydrogen-bond acceptors (Lipinski definition) is 6. The third-order valence-electron chi connectivity index (χ3n) is 3.95. The van der Waals surface area contributed by atoms with Crippen molar-refractivity contribution in [2.24, 2.45) is 10.2 Å². The number of thioether (sulfide) groups is 1. The van der Waals surface area contributed by atoms with E-state index in [-0.39, 0.29) is 11.2 Å². The SMILES string of the molecule is COc1ccc(/C=N/N=C2/NC(=O)C(Cc3cc(Cl)ccc3Cl)S2)cc1OC. The van der Waals surface area contributed by atoms with Gasteiger partial charge in [0.05, 0.1) is 25.7 Å². The molecule has 146 valence electrons. The van der Waals surface area contributed by atoms with Gasteiger partial charge in [0.2, 0.25) is 5.91 Å². The van der Waals surface area contributed by atoms with Gasteiger partial charge < -0.3 is 14.8 Å². The zero-order chi connectivity index (χ0) is 20.1. The fourth-order valence-corrected chi connectivity index (χ4v) is 3.91. The standard InChI is InChI=1S/C19H17Cl2N3O3S/c1-26-15-6-3-11(7-16(15)27-2)10-22-24-19-23-18(25)17(28-19)9-12-8-13(20)4-5-14(12)21/h3-8,10,17H,9H2,1-2H3,(H,23,24,25)/b22-10+. The van der Waals surface area contributed by atoms with Crippen LogP contribution in [-0.2, 0) is 11.2 Å². The quantitative estimate of drug-likeness (QED) is 0.543. The number of nitrogens with zero attached hydrogens (tertiary/aromatic N) is 2. The van der Waals surface area contributed by atoms with Crippen LogP contribution in [-0.4, -0.2) is 36.8 Å². The first-order chi connectivity index (χ1) is 13.5. The number of ether oxygens (including phenoxy) is 2. The molecule has 1 aliphatic heterocycles. The fraction of sp³-hybridized carbons (Fsp3) is 0.211. The van der Waals surface area contributed by atoms with E-state index in [4.69, 9.17) is 32.7 Å². The Morgan fingerprint density at radius 1 is 1.14 bits per heavy atom. The van der Waals surface area contributed by atoms with Gasteiger partial charge in [-0.05, 0) is 53.9 Å². The van der Waals surface area contributed by atoms with Crippen molar-refractivity contribution in [1.82, 2.24) is 5.32 Å². The van der Waals surface area contributed by atoms with Crippen LogP contribution < -0.4 is 14.8 Å². The van der Waals surface area contributed by atoms with E-state index in [0.29, 0.717) is 33.1 Å². The molecule has 1 aliphatic rings. The molecule has 1 unspecified atom stereocenters. The number of rotatable bonds is 6. The third kappa shape index (κ3) is 4.98. The van der Waals surface area contributed by atoms with Crippen LogP contribution in [0.1, 0.15) is 11.1 Å². The molecule has 0 bridgehead atoms. The molecule has 6 nitrogen and oxygen atoms in total. The largest absolute Gasteiger partial charge is 0.493 e. The van der Waals surface area contributed by atoms with Crippen molar-refractivity contribution < 1.29 is 14.3 Å². The van der Waals surface area contributed by atoms with Crippen LogP contribution in [0.15, 0.2) is 46.6 Å². The van der Waals surface area contributed by atoms with Gasteiger partial charge in [0.25, 0.3) is 0 Å². The summed E-state index contributed by atoms with van der Waals surface area (Å²) in [5.41, 5.74) is 1.61. The molecule has 1 saturated heterocycles. The van der Waals surface area contributed by atoms with Gasteiger partial charge in [0.15, 0.2) is 16.7 Å². The van der Waals surface area contributed by atoms with Gasteiger partial charge in [-0.3, -0.25) is 4.79 Å². The van der Waals surface area contributed by atoms with E-state index in [1.807, 2.05) is 6.07 Å². The summed E-state index contributed by atoms with van der Waals surface area (Å²) in [4.78, 5) is 12.2. The fourth-order valence-electron chi connectivity index (χ4n) is 2.57. The summed E-state index contributed by atoms with van der Waals surface area (Å²) in [7, 11) is 3.14. The molecule has 1 heterocycles. The summed E-state index contributed by atoms with van der Waals surface area (Å²) in [5, 5.41) is 12.1. The highest BCUT2D eigenvalue weighted by Crippen LogP contribution is 2.29. The van der Waals surface area contributed by atoms with E-state index in [1.165, 1.54) is 11.8 Å². The summed E-state index contributed by atoms with van der Waals surface area (Å²) >= 11 is 13.5. The second kappa shape index (κ2) is 9.32. The summed E-state index contributed by atoms with van der Waals surface area (Å²) in [5.74, 6) is 1.09. The molecular weight excluding hydrogens is 421 g/mol. The van der Waals surface area contributed by atoms with Crippen molar-refractivity contribution >= 4 is 52.3 Å². The Bertz CT molecular complexity index is 950. The van der Waals surface area contributed by atoms with E-state index in [2.05, 4.69) is 15.5 Å². The Morgan fingerprint density at radius 3 is 2.68 bits per heavy atom. The molecule has 2 aromatic carbocycles. The van der Waals surface area contributed by atoms with Crippen molar-refractivity contribution in [3.05, 3.63) is 57.6 Å². The molecule has 0 spiro atoms. The highest BCUT2D eigenvalue weighted by Gasteiger charge is 2.31. The average Bonchev–Trinajstić information content (AvgIpc) is 3.03. The lowest BCUT2D eigenvalue weighted by Crippen LogP contribution is -2.26. The number of carbonyl (C=O) groups excluding carboxylic acids is 1. The molecule has 1 N–H and O–H groups in total. The van der Waals surface area contributed by atoms with Crippen molar-refractivity contribution in [2.45, 2.75) is 11.7 Å². The van der Waals surface area contributed by atoms with Crippen molar-refractivity contribution in [3.63, 3.8) is 0 Å². The molecule has 0 radical (unpaired) electrons. The molecule has 0 aromatic heterocycles. The maximum Gasteiger partial charge on any atom is 0.239 e. The van der Waals surface area contributed by atoms with E-state index >= 15 is 0 Å². The first-order valence-electron chi connectivity index (χ1n) is 8.24. The monoisotopic (exact) mass is 437 g/mol. The molecular formula is C19H17Cl2N3O3S. The number of nitrogens with one attached hydrogen (secondary N) is 1. The molecule has 2 aromatic rings. The predicted molar refractivity (Wildman–Crippen MR) is 114 cm³/mol. The molecule has 1 fully saturated rings.